The second-order valence-electron chi connectivity index (χ2n) is 8.16. The fourth-order valence-electron chi connectivity index (χ4n) is 3.77. The molecule has 0 saturated carbocycles. The third-order valence-electron chi connectivity index (χ3n) is 5.37. The van der Waals surface area contributed by atoms with Crippen molar-refractivity contribution in [2.75, 3.05) is 31.5 Å². The first kappa shape index (κ1) is 24.9. The number of amidine groups is 1. The normalized spacial score (nSPS) is 13.0. The number of unbranched alkanes of at least 4 members (excludes halogenated alkanes) is 2. The smallest absolute Gasteiger partial charge is 0.250 e. The first-order chi connectivity index (χ1) is 16.1. The minimum Gasteiger partial charge on any atom is -0.387 e. The highest BCUT2D eigenvalue weighted by molar-refractivity contribution is 7.13. The summed E-state index contributed by atoms with van der Waals surface area (Å²) in [6.45, 7) is 4.88. The quantitative estimate of drug-likeness (QED) is 0.384. The van der Waals surface area contributed by atoms with Gasteiger partial charge in [0.15, 0.2) is 0 Å². The van der Waals surface area contributed by atoms with Gasteiger partial charge in [0.25, 0.3) is 0 Å². The van der Waals surface area contributed by atoms with Gasteiger partial charge < -0.3 is 21.7 Å². The van der Waals surface area contributed by atoms with E-state index in [9.17, 15) is 4.79 Å². The fourth-order valence-corrected chi connectivity index (χ4v) is 4.88. The Morgan fingerprint density at radius 3 is 2.76 bits per heavy atom. The van der Waals surface area contributed by atoms with Crippen LogP contribution in [0.2, 0.25) is 0 Å². The summed E-state index contributed by atoms with van der Waals surface area (Å²) < 4.78 is 0. The largest absolute Gasteiger partial charge is 0.387 e. The number of nitrogens with two attached hydrogens (primary N) is 2. The van der Waals surface area contributed by atoms with Crippen molar-refractivity contribution in [3.05, 3.63) is 39.9 Å². The molecule has 0 spiro atoms. The van der Waals surface area contributed by atoms with Gasteiger partial charge in [-0.05, 0) is 56.9 Å². The van der Waals surface area contributed by atoms with Crippen LogP contribution >= 0.6 is 11.3 Å². The molecule has 0 fully saturated rings. The number of anilines is 1. The van der Waals surface area contributed by atoms with Crippen LogP contribution in [0, 0.1) is 0 Å². The number of thiophene rings is 1. The number of fused-ring (bicyclic) bond motifs is 1. The number of hydrogen-bond donors (Lipinski definition) is 3. The molecule has 0 unspecified atom stereocenters. The van der Waals surface area contributed by atoms with Crippen molar-refractivity contribution in [1.29, 1.82) is 0 Å². The molecule has 33 heavy (non-hydrogen) atoms. The topological polar surface area (TPSA) is 123 Å². The highest BCUT2D eigenvalue weighted by Crippen LogP contribution is 2.35. The molecular weight excluding hydrogens is 434 g/mol. The molecule has 0 atom stereocenters. The standard InChI is InChI=1S/C24H35N7OS/c1-2-13-31(14-7-12-29-24-27-10-6-11-28-24)23(32)18-15-21-20(30-22(26)16-18)17-19(33-21)8-4-3-5-9-25/h6,10-11,15,17H,2-5,7-9,12-14,16,25H2,1H3,(H2,26,30)(H,27,28,29). The van der Waals surface area contributed by atoms with Gasteiger partial charge in [0, 0.05) is 48.9 Å². The molecule has 0 aromatic carbocycles. The van der Waals surface area contributed by atoms with Crippen LogP contribution in [0.1, 0.15) is 55.2 Å². The molecule has 9 heteroatoms. The van der Waals surface area contributed by atoms with E-state index in [-0.39, 0.29) is 5.91 Å². The Morgan fingerprint density at radius 2 is 2.00 bits per heavy atom. The molecule has 3 rings (SSSR count). The van der Waals surface area contributed by atoms with Crippen molar-refractivity contribution in [2.45, 2.75) is 51.9 Å². The highest BCUT2D eigenvalue weighted by Gasteiger charge is 2.22. The van der Waals surface area contributed by atoms with Gasteiger partial charge in [0.05, 0.1) is 10.6 Å². The van der Waals surface area contributed by atoms with Gasteiger partial charge in [0.2, 0.25) is 11.9 Å². The predicted molar refractivity (Wildman–Crippen MR) is 137 cm³/mol. The molecule has 0 aliphatic carbocycles. The summed E-state index contributed by atoms with van der Waals surface area (Å²) >= 11 is 1.71. The molecule has 2 aromatic rings. The zero-order valence-corrected chi connectivity index (χ0v) is 20.2. The minimum absolute atomic E-state index is 0.0386. The number of aliphatic imine (C=N–C) groups is 1. The maximum absolute atomic E-state index is 13.4. The number of nitrogens with one attached hydrogen (secondary N) is 1. The second-order valence-corrected chi connectivity index (χ2v) is 9.32. The molecule has 2 aromatic heterocycles. The van der Waals surface area contributed by atoms with Crippen molar-refractivity contribution >= 4 is 40.8 Å². The van der Waals surface area contributed by atoms with E-state index in [1.165, 1.54) is 4.88 Å². The maximum atomic E-state index is 13.4. The monoisotopic (exact) mass is 469 g/mol. The summed E-state index contributed by atoms with van der Waals surface area (Å²) in [5, 5.41) is 3.20. The molecule has 3 heterocycles. The van der Waals surface area contributed by atoms with Crippen LogP contribution < -0.4 is 16.8 Å². The summed E-state index contributed by atoms with van der Waals surface area (Å²) in [7, 11) is 0. The van der Waals surface area contributed by atoms with Crippen molar-refractivity contribution in [1.82, 2.24) is 14.9 Å². The van der Waals surface area contributed by atoms with Gasteiger partial charge >= 0.3 is 0 Å². The second kappa shape index (κ2) is 13.1. The molecular formula is C24H35N7OS. The number of aryl methyl sites for hydroxylation is 1. The Balaban J connectivity index is 1.64. The van der Waals surface area contributed by atoms with Crippen LogP contribution in [0.3, 0.4) is 0 Å². The summed E-state index contributed by atoms with van der Waals surface area (Å²) in [5.41, 5.74) is 13.4. The van der Waals surface area contributed by atoms with Gasteiger partial charge in [0.1, 0.15) is 5.84 Å². The molecule has 178 valence electrons. The maximum Gasteiger partial charge on any atom is 0.250 e. The number of carbonyl (C=O) groups is 1. The predicted octanol–water partition coefficient (Wildman–Crippen LogP) is 3.73. The Hall–Kier alpha value is -2.78. The zero-order valence-electron chi connectivity index (χ0n) is 19.4. The Kier molecular flexibility index (Phi) is 9.83. The van der Waals surface area contributed by atoms with E-state index in [0.29, 0.717) is 43.4 Å². The van der Waals surface area contributed by atoms with E-state index in [4.69, 9.17) is 11.5 Å². The molecule has 1 amide bonds. The van der Waals surface area contributed by atoms with E-state index in [1.807, 2.05) is 11.0 Å². The molecule has 1 aliphatic heterocycles. The number of hydrogen-bond acceptors (Lipinski definition) is 8. The van der Waals surface area contributed by atoms with Crippen molar-refractivity contribution in [3.63, 3.8) is 0 Å². The van der Waals surface area contributed by atoms with Gasteiger partial charge in [-0.2, -0.15) is 0 Å². The van der Waals surface area contributed by atoms with E-state index in [2.05, 4.69) is 33.3 Å². The summed E-state index contributed by atoms with van der Waals surface area (Å²) in [6.07, 6.45) is 11.8. The van der Waals surface area contributed by atoms with Gasteiger partial charge in [-0.25, -0.2) is 15.0 Å². The van der Waals surface area contributed by atoms with E-state index < -0.39 is 0 Å². The van der Waals surface area contributed by atoms with Crippen LogP contribution in [-0.4, -0.2) is 52.8 Å². The van der Waals surface area contributed by atoms with Crippen molar-refractivity contribution < 1.29 is 4.79 Å². The van der Waals surface area contributed by atoms with E-state index in [1.54, 1.807) is 29.8 Å². The first-order valence-electron chi connectivity index (χ1n) is 11.8. The molecule has 1 aliphatic rings. The number of carbonyl (C=O) groups excluding carboxylic acids is 1. The lowest BCUT2D eigenvalue weighted by atomic mass is 10.1. The Labute approximate surface area is 200 Å². The lowest BCUT2D eigenvalue weighted by Gasteiger charge is -2.23. The van der Waals surface area contributed by atoms with Crippen LogP contribution in [0.5, 0.6) is 0 Å². The summed E-state index contributed by atoms with van der Waals surface area (Å²) in [6, 6.07) is 3.90. The van der Waals surface area contributed by atoms with Crippen LogP contribution in [0.4, 0.5) is 11.6 Å². The third kappa shape index (κ3) is 7.64. The summed E-state index contributed by atoms with van der Waals surface area (Å²) in [4.78, 5) is 30.5. The molecule has 8 nitrogen and oxygen atoms in total. The van der Waals surface area contributed by atoms with Crippen LogP contribution in [0.15, 0.2) is 35.1 Å². The van der Waals surface area contributed by atoms with Crippen molar-refractivity contribution in [3.8, 4) is 0 Å². The van der Waals surface area contributed by atoms with E-state index in [0.717, 1.165) is 55.6 Å². The lowest BCUT2D eigenvalue weighted by Crippen LogP contribution is -2.35. The third-order valence-corrected chi connectivity index (χ3v) is 6.50. The highest BCUT2D eigenvalue weighted by atomic mass is 32.1. The molecule has 0 saturated heterocycles. The SMILES string of the molecule is CCCN(CCCNc1ncccn1)C(=O)C1=Cc2sc(CCCCCN)cc2N=C(N)C1. The number of rotatable bonds is 13. The minimum atomic E-state index is 0.0386. The van der Waals surface area contributed by atoms with Gasteiger partial charge in [-0.15, -0.1) is 11.3 Å². The van der Waals surface area contributed by atoms with Gasteiger partial charge in [-0.1, -0.05) is 13.3 Å². The number of nitrogens with zero attached hydrogens (tertiary/aromatic N) is 4. The fraction of sp³-hybridized carbons (Fsp3) is 0.500. The first-order valence-corrected chi connectivity index (χ1v) is 12.6. The number of aromatic nitrogens is 2. The molecule has 0 bridgehead atoms. The molecule has 0 radical (unpaired) electrons. The van der Waals surface area contributed by atoms with Crippen LogP contribution in [-0.2, 0) is 11.2 Å². The lowest BCUT2D eigenvalue weighted by molar-refractivity contribution is -0.127. The average molecular weight is 470 g/mol. The Bertz CT molecular complexity index is 955. The Morgan fingerprint density at radius 1 is 1.18 bits per heavy atom. The number of amides is 1. The van der Waals surface area contributed by atoms with Gasteiger partial charge in [-0.3, -0.25) is 4.79 Å². The summed E-state index contributed by atoms with van der Waals surface area (Å²) in [5.74, 6) is 1.13. The average Bonchev–Trinajstić information content (AvgIpc) is 3.11. The molecule has 5 N–H and O–H groups in total. The van der Waals surface area contributed by atoms with Crippen molar-refractivity contribution in [2.24, 2.45) is 16.5 Å². The van der Waals surface area contributed by atoms with Crippen LogP contribution in [0.25, 0.3) is 6.08 Å². The van der Waals surface area contributed by atoms with E-state index >= 15 is 0 Å². The zero-order chi connectivity index (χ0) is 23.5.